The second-order valence-electron chi connectivity index (χ2n) is 15.3. The van der Waals surface area contributed by atoms with E-state index in [4.69, 9.17) is 14.2 Å². The Labute approximate surface area is 339 Å². The maximum absolute atomic E-state index is 12.7. The van der Waals surface area contributed by atoms with E-state index in [0.29, 0.717) is 19.3 Å². The van der Waals surface area contributed by atoms with Crippen molar-refractivity contribution in [3.8, 4) is 0 Å². The largest absolute Gasteiger partial charge is 0.462 e. The van der Waals surface area contributed by atoms with E-state index in [9.17, 15) is 14.4 Å². The summed E-state index contributed by atoms with van der Waals surface area (Å²) >= 11 is 0. The van der Waals surface area contributed by atoms with Crippen LogP contribution in [0.25, 0.3) is 0 Å². The van der Waals surface area contributed by atoms with Gasteiger partial charge in [0.1, 0.15) is 13.2 Å². The van der Waals surface area contributed by atoms with Crippen LogP contribution >= 0.6 is 0 Å². The molecule has 0 N–H and O–H groups in total. The van der Waals surface area contributed by atoms with Crippen LogP contribution in [0.5, 0.6) is 0 Å². The first-order valence-corrected chi connectivity index (χ1v) is 23.1. The molecule has 1 atom stereocenters. The minimum absolute atomic E-state index is 0.0796. The summed E-state index contributed by atoms with van der Waals surface area (Å²) in [6.45, 7) is 6.44. The van der Waals surface area contributed by atoms with E-state index in [1.165, 1.54) is 89.9 Å². The van der Waals surface area contributed by atoms with Crippen LogP contribution in [0.2, 0.25) is 0 Å². The average Bonchev–Trinajstić information content (AvgIpc) is 3.18. The summed E-state index contributed by atoms with van der Waals surface area (Å²) < 4.78 is 16.6. The number of carbonyl (C=O) groups excluding carboxylic acids is 3. The van der Waals surface area contributed by atoms with Crippen LogP contribution in [0.4, 0.5) is 0 Å². The molecule has 55 heavy (non-hydrogen) atoms. The normalized spacial score (nSPS) is 12.4. The third kappa shape index (κ3) is 42.4. The van der Waals surface area contributed by atoms with Gasteiger partial charge in [-0.3, -0.25) is 14.4 Å². The molecule has 6 nitrogen and oxygen atoms in total. The van der Waals surface area contributed by atoms with Gasteiger partial charge in [-0.1, -0.05) is 198 Å². The van der Waals surface area contributed by atoms with E-state index < -0.39 is 6.10 Å². The fraction of sp³-hybridized carbons (Fsp3) is 0.776. The Morgan fingerprint density at radius 2 is 0.709 bits per heavy atom. The van der Waals surface area contributed by atoms with Gasteiger partial charge in [-0.05, 0) is 57.8 Å². The highest BCUT2D eigenvalue weighted by Crippen LogP contribution is 2.15. The van der Waals surface area contributed by atoms with Crippen LogP contribution < -0.4 is 0 Å². The Kier molecular flexibility index (Phi) is 42.0. The summed E-state index contributed by atoms with van der Waals surface area (Å²) in [5.41, 5.74) is 0. The van der Waals surface area contributed by atoms with Gasteiger partial charge in [0.2, 0.25) is 0 Å². The van der Waals surface area contributed by atoms with E-state index >= 15 is 0 Å². The monoisotopic (exact) mass is 771 g/mol. The summed E-state index contributed by atoms with van der Waals surface area (Å²) in [7, 11) is 0. The van der Waals surface area contributed by atoms with Crippen LogP contribution in [0.1, 0.15) is 226 Å². The molecule has 0 fully saturated rings. The van der Waals surface area contributed by atoms with Crippen molar-refractivity contribution in [2.45, 2.75) is 232 Å². The molecule has 0 rings (SSSR count). The number of unbranched alkanes of at least 4 members (excludes halogenated alkanes) is 22. The Balaban J connectivity index is 4.29. The number of allylic oxidation sites excluding steroid dienone is 8. The van der Waals surface area contributed by atoms with Crippen molar-refractivity contribution in [2.24, 2.45) is 0 Å². The van der Waals surface area contributed by atoms with E-state index in [0.717, 1.165) is 96.3 Å². The maximum atomic E-state index is 12.7. The first-order chi connectivity index (χ1) is 27.0. The molecule has 318 valence electrons. The summed E-state index contributed by atoms with van der Waals surface area (Å²) in [5, 5.41) is 0. The number of carbonyl (C=O) groups is 3. The predicted octanol–water partition coefficient (Wildman–Crippen LogP) is 14.8. The fourth-order valence-electron chi connectivity index (χ4n) is 6.37. The van der Waals surface area contributed by atoms with Gasteiger partial charge < -0.3 is 14.2 Å². The smallest absolute Gasteiger partial charge is 0.306 e. The zero-order chi connectivity index (χ0) is 40.1. The topological polar surface area (TPSA) is 78.9 Å². The molecule has 0 amide bonds. The molecule has 1 unspecified atom stereocenters. The highest BCUT2D eigenvalue weighted by molar-refractivity contribution is 5.71. The fourth-order valence-corrected chi connectivity index (χ4v) is 6.37. The molecule has 0 spiro atoms. The standard InChI is InChI=1S/C49H86O6/c1-4-7-10-13-16-18-20-22-24-25-26-28-29-31-33-36-39-42-48(51)54-45-46(44-53-47(50)41-38-35-15-12-9-6-3)55-49(52)43-40-37-34-32-30-27-23-21-19-17-14-11-8-5-2/h7,10,16,18,22,24,26,28,46H,4-6,8-9,11-15,17,19-21,23,25,27,29-45H2,1-3H3/b10-7-,18-16-,24-22-,28-26-. The number of hydrogen-bond donors (Lipinski definition) is 0. The maximum Gasteiger partial charge on any atom is 0.306 e. The van der Waals surface area contributed by atoms with E-state index in [1.807, 2.05) is 0 Å². The Morgan fingerprint density at radius 1 is 0.382 bits per heavy atom. The van der Waals surface area contributed by atoms with Gasteiger partial charge in [-0.2, -0.15) is 0 Å². The zero-order valence-electron chi connectivity index (χ0n) is 36.2. The minimum atomic E-state index is -0.775. The second kappa shape index (κ2) is 44.1. The Bertz CT molecular complexity index is 980. The lowest BCUT2D eigenvalue weighted by molar-refractivity contribution is -0.167. The Hall–Kier alpha value is -2.63. The highest BCUT2D eigenvalue weighted by atomic mass is 16.6. The van der Waals surface area contributed by atoms with Crippen LogP contribution in [0.15, 0.2) is 48.6 Å². The molecule has 0 aromatic heterocycles. The Morgan fingerprint density at radius 3 is 1.11 bits per heavy atom. The van der Waals surface area contributed by atoms with Crippen molar-refractivity contribution >= 4 is 17.9 Å². The van der Waals surface area contributed by atoms with Gasteiger partial charge in [0.05, 0.1) is 0 Å². The van der Waals surface area contributed by atoms with Gasteiger partial charge in [0.15, 0.2) is 6.10 Å². The molecule has 6 heteroatoms. The molecule has 0 aliphatic carbocycles. The number of esters is 3. The number of ether oxygens (including phenoxy) is 3. The van der Waals surface area contributed by atoms with Crippen LogP contribution in [-0.4, -0.2) is 37.2 Å². The van der Waals surface area contributed by atoms with Crippen molar-refractivity contribution in [3.05, 3.63) is 48.6 Å². The number of hydrogen-bond acceptors (Lipinski definition) is 6. The molecule has 0 radical (unpaired) electrons. The SMILES string of the molecule is CC/C=C\C/C=C\C/C=C\C/C=C\CCCCCCC(=O)OCC(COC(=O)CCCCCCCC)OC(=O)CCCCCCCCCCCCCCCC. The quantitative estimate of drug-likeness (QED) is 0.0267. The molecular formula is C49H86O6. The van der Waals surface area contributed by atoms with Gasteiger partial charge in [-0.15, -0.1) is 0 Å². The molecule has 0 aromatic rings. The van der Waals surface area contributed by atoms with E-state index in [2.05, 4.69) is 69.4 Å². The average molecular weight is 771 g/mol. The van der Waals surface area contributed by atoms with Crippen molar-refractivity contribution < 1.29 is 28.6 Å². The molecule has 0 aromatic carbocycles. The highest BCUT2D eigenvalue weighted by Gasteiger charge is 2.19. The molecule has 0 aliphatic rings. The van der Waals surface area contributed by atoms with Gasteiger partial charge >= 0.3 is 17.9 Å². The molecule has 0 saturated heterocycles. The predicted molar refractivity (Wildman–Crippen MR) is 233 cm³/mol. The molecule has 0 saturated carbocycles. The van der Waals surface area contributed by atoms with Crippen LogP contribution in [0, 0.1) is 0 Å². The minimum Gasteiger partial charge on any atom is -0.462 e. The van der Waals surface area contributed by atoms with Crippen LogP contribution in [0.3, 0.4) is 0 Å². The van der Waals surface area contributed by atoms with Gasteiger partial charge in [0, 0.05) is 19.3 Å². The summed E-state index contributed by atoms with van der Waals surface area (Å²) in [6, 6.07) is 0. The van der Waals surface area contributed by atoms with Crippen LogP contribution in [-0.2, 0) is 28.6 Å². The van der Waals surface area contributed by atoms with Gasteiger partial charge in [0.25, 0.3) is 0 Å². The van der Waals surface area contributed by atoms with Crippen molar-refractivity contribution in [3.63, 3.8) is 0 Å². The zero-order valence-corrected chi connectivity index (χ0v) is 36.2. The van der Waals surface area contributed by atoms with Crippen molar-refractivity contribution in [1.29, 1.82) is 0 Å². The molecule has 0 aliphatic heterocycles. The lowest BCUT2D eigenvalue weighted by Gasteiger charge is -2.18. The third-order valence-corrected chi connectivity index (χ3v) is 9.85. The first-order valence-electron chi connectivity index (χ1n) is 23.1. The van der Waals surface area contributed by atoms with E-state index in [-0.39, 0.29) is 31.1 Å². The lowest BCUT2D eigenvalue weighted by Crippen LogP contribution is -2.30. The molecular weight excluding hydrogens is 685 g/mol. The third-order valence-electron chi connectivity index (χ3n) is 9.85. The van der Waals surface area contributed by atoms with Crippen molar-refractivity contribution in [2.75, 3.05) is 13.2 Å². The van der Waals surface area contributed by atoms with Gasteiger partial charge in [-0.25, -0.2) is 0 Å². The number of rotatable bonds is 41. The summed E-state index contributed by atoms with van der Waals surface area (Å²) in [4.78, 5) is 37.6. The summed E-state index contributed by atoms with van der Waals surface area (Å²) in [6.07, 6.45) is 51.1. The summed E-state index contributed by atoms with van der Waals surface area (Å²) in [5.74, 6) is -0.911. The van der Waals surface area contributed by atoms with Crippen molar-refractivity contribution in [1.82, 2.24) is 0 Å². The second-order valence-corrected chi connectivity index (χ2v) is 15.3. The lowest BCUT2D eigenvalue weighted by atomic mass is 10.0. The molecule has 0 bridgehead atoms. The first kappa shape index (κ1) is 52.4. The molecule has 0 heterocycles. The van der Waals surface area contributed by atoms with E-state index in [1.54, 1.807) is 0 Å².